The molecule has 0 aromatic carbocycles. The van der Waals surface area contributed by atoms with Crippen molar-refractivity contribution in [3.05, 3.63) is 0 Å². The van der Waals surface area contributed by atoms with E-state index in [9.17, 15) is 0 Å². The summed E-state index contributed by atoms with van der Waals surface area (Å²) in [7, 11) is 0. The molecule has 0 fully saturated rings. The Hall–Kier alpha value is 0.220. The molecule has 1 heterocycles. The van der Waals surface area contributed by atoms with Gasteiger partial charge in [-0.2, -0.15) is 0 Å². The summed E-state index contributed by atoms with van der Waals surface area (Å²) in [6.07, 6.45) is 3.19. The maximum atomic E-state index is 4.12. The summed E-state index contributed by atoms with van der Waals surface area (Å²) >= 11 is 5.13. The molecule has 0 amide bonds. The molecule has 0 aliphatic heterocycles. The molecule has 16 heavy (non-hydrogen) atoms. The van der Waals surface area contributed by atoms with E-state index < -0.39 is 0 Å². The van der Waals surface area contributed by atoms with Gasteiger partial charge in [-0.25, -0.2) is 0 Å². The van der Waals surface area contributed by atoms with Gasteiger partial charge in [-0.05, 0) is 40.0 Å². The number of nitrogens with zero attached hydrogens (tertiary/aromatic N) is 2. The Morgan fingerprint density at radius 2 is 1.94 bits per heavy atom. The number of aromatic nitrogens is 2. The second-order valence-electron chi connectivity index (χ2n) is 4.42. The molecule has 1 rings (SSSR count). The lowest BCUT2D eigenvalue weighted by atomic mass is 10.1. The molecule has 1 N–H and O–H groups in total. The van der Waals surface area contributed by atoms with E-state index in [1.165, 1.54) is 0 Å². The summed E-state index contributed by atoms with van der Waals surface area (Å²) in [6.45, 7) is 7.63. The molecule has 1 aromatic heterocycles. The van der Waals surface area contributed by atoms with Gasteiger partial charge in [-0.15, -0.1) is 10.2 Å². The predicted molar refractivity (Wildman–Crippen MR) is 74.8 cm³/mol. The molecule has 1 aromatic rings. The lowest BCUT2D eigenvalue weighted by Gasteiger charge is -2.20. The average molecular weight is 277 g/mol. The quantitative estimate of drug-likeness (QED) is 0.639. The van der Waals surface area contributed by atoms with E-state index in [-0.39, 0.29) is 5.54 Å². The fourth-order valence-electron chi connectivity index (χ4n) is 1.03. The summed E-state index contributed by atoms with van der Waals surface area (Å²) in [5, 5.41) is 11.7. The minimum Gasteiger partial charge on any atom is -0.312 e. The highest BCUT2D eigenvalue weighted by atomic mass is 32.2. The van der Waals surface area contributed by atoms with Crippen LogP contribution in [0, 0.1) is 0 Å². The Kier molecular flexibility index (Phi) is 6.10. The van der Waals surface area contributed by atoms with E-state index in [0.717, 1.165) is 27.4 Å². The molecule has 0 saturated carbocycles. The monoisotopic (exact) mass is 277 g/mol. The number of hydrogen-bond donors (Lipinski definition) is 1. The highest BCUT2D eigenvalue weighted by Crippen LogP contribution is 2.27. The van der Waals surface area contributed by atoms with Crippen molar-refractivity contribution in [2.45, 2.75) is 41.4 Å². The highest BCUT2D eigenvalue weighted by molar-refractivity contribution is 8.02. The van der Waals surface area contributed by atoms with Gasteiger partial charge in [0.15, 0.2) is 8.68 Å². The second-order valence-corrected chi connectivity index (χ2v) is 7.79. The maximum absolute atomic E-state index is 4.12. The van der Waals surface area contributed by atoms with Crippen LogP contribution in [0.4, 0.5) is 0 Å². The molecule has 0 saturated heterocycles. The van der Waals surface area contributed by atoms with Crippen molar-refractivity contribution in [3.63, 3.8) is 0 Å². The maximum Gasteiger partial charge on any atom is 0.175 e. The summed E-state index contributed by atoms with van der Waals surface area (Å²) in [5.74, 6) is 1.10. The first-order valence-electron chi connectivity index (χ1n) is 5.26. The van der Waals surface area contributed by atoms with Gasteiger partial charge in [0.05, 0.1) is 0 Å². The van der Waals surface area contributed by atoms with E-state index in [1.807, 2.05) is 6.26 Å². The minimum absolute atomic E-state index is 0.222. The van der Waals surface area contributed by atoms with Crippen LogP contribution in [0.25, 0.3) is 0 Å². The Morgan fingerprint density at radius 3 is 2.50 bits per heavy atom. The number of hydrogen-bond acceptors (Lipinski definition) is 6. The van der Waals surface area contributed by atoms with Crippen molar-refractivity contribution in [1.82, 2.24) is 15.5 Å². The molecule has 0 atom stereocenters. The molecule has 0 bridgehead atoms. The Balaban J connectivity index is 2.11. The number of nitrogens with one attached hydrogen (secondary N) is 1. The fraction of sp³-hybridized carbons (Fsp3) is 0.800. The highest BCUT2D eigenvalue weighted by Gasteiger charge is 2.07. The van der Waals surface area contributed by atoms with Gasteiger partial charge >= 0.3 is 0 Å². The Morgan fingerprint density at radius 1 is 1.25 bits per heavy atom. The van der Waals surface area contributed by atoms with E-state index >= 15 is 0 Å². The van der Waals surface area contributed by atoms with Gasteiger partial charge in [0, 0.05) is 11.3 Å². The molecular weight excluding hydrogens is 258 g/mol. The zero-order chi connectivity index (χ0) is 12.0. The van der Waals surface area contributed by atoms with Crippen LogP contribution in [0.1, 0.15) is 27.2 Å². The summed E-state index contributed by atoms with van der Waals surface area (Å²) in [5.41, 5.74) is 0.222. The van der Waals surface area contributed by atoms with E-state index in [0.29, 0.717) is 0 Å². The molecule has 0 aliphatic rings. The van der Waals surface area contributed by atoms with E-state index in [1.54, 1.807) is 34.9 Å². The van der Waals surface area contributed by atoms with Gasteiger partial charge in [-0.3, -0.25) is 0 Å². The van der Waals surface area contributed by atoms with Crippen molar-refractivity contribution >= 4 is 34.9 Å². The first-order valence-corrected chi connectivity index (χ1v) is 8.29. The SMILES string of the molecule is CSc1nnc(SCCCNC(C)(C)C)s1. The smallest absolute Gasteiger partial charge is 0.175 e. The predicted octanol–water partition coefficient (Wildman–Crippen LogP) is 3.13. The van der Waals surface area contributed by atoms with Gasteiger partial charge < -0.3 is 5.32 Å². The number of thioether (sulfide) groups is 2. The summed E-state index contributed by atoms with van der Waals surface area (Å²) in [6, 6.07) is 0. The minimum atomic E-state index is 0.222. The van der Waals surface area contributed by atoms with Gasteiger partial charge in [0.1, 0.15) is 0 Å². The molecule has 6 heteroatoms. The van der Waals surface area contributed by atoms with Crippen LogP contribution in [0.15, 0.2) is 8.68 Å². The standard InChI is InChI=1S/C10H19N3S3/c1-10(2,3)11-6-5-7-15-9-13-12-8(14-4)16-9/h11H,5-7H2,1-4H3. The molecule has 0 radical (unpaired) electrons. The topological polar surface area (TPSA) is 37.8 Å². The first-order chi connectivity index (χ1) is 7.51. The largest absolute Gasteiger partial charge is 0.312 e. The summed E-state index contributed by atoms with van der Waals surface area (Å²) < 4.78 is 2.13. The molecule has 0 spiro atoms. The van der Waals surface area contributed by atoms with E-state index in [2.05, 4.69) is 36.3 Å². The molecule has 0 aliphatic carbocycles. The third-order valence-corrected chi connectivity index (χ3v) is 4.88. The van der Waals surface area contributed by atoms with Crippen molar-refractivity contribution in [3.8, 4) is 0 Å². The Labute approximate surface area is 110 Å². The first kappa shape index (κ1) is 14.3. The normalized spacial score (nSPS) is 12.0. The lowest BCUT2D eigenvalue weighted by Crippen LogP contribution is -2.36. The van der Waals surface area contributed by atoms with Crippen LogP contribution in [-0.4, -0.2) is 34.3 Å². The summed E-state index contributed by atoms with van der Waals surface area (Å²) in [4.78, 5) is 0. The molecule has 3 nitrogen and oxygen atoms in total. The van der Waals surface area contributed by atoms with Gasteiger partial charge in [-0.1, -0.05) is 34.9 Å². The molecule has 0 unspecified atom stereocenters. The van der Waals surface area contributed by atoms with Gasteiger partial charge in [0.2, 0.25) is 0 Å². The van der Waals surface area contributed by atoms with Crippen molar-refractivity contribution in [2.24, 2.45) is 0 Å². The van der Waals surface area contributed by atoms with Crippen molar-refractivity contribution in [1.29, 1.82) is 0 Å². The van der Waals surface area contributed by atoms with E-state index in [4.69, 9.17) is 0 Å². The number of rotatable bonds is 6. The van der Waals surface area contributed by atoms with Crippen LogP contribution >= 0.6 is 34.9 Å². The van der Waals surface area contributed by atoms with Crippen molar-refractivity contribution < 1.29 is 0 Å². The third-order valence-electron chi connectivity index (χ3n) is 1.76. The zero-order valence-corrected chi connectivity index (χ0v) is 12.7. The van der Waals surface area contributed by atoms with Crippen LogP contribution in [0.2, 0.25) is 0 Å². The second kappa shape index (κ2) is 6.83. The van der Waals surface area contributed by atoms with Crippen LogP contribution in [0.3, 0.4) is 0 Å². The molecular formula is C10H19N3S3. The fourth-order valence-corrected chi connectivity index (χ4v) is 3.48. The third kappa shape index (κ3) is 6.08. The average Bonchev–Trinajstić information content (AvgIpc) is 2.63. The van der Waals surface area contributed by atoms with Crippen LogP contribution in [0.5, 0.6) is 0 Å². The lowest BCUT2D eigenvalue weighted by molar-refractivity contribution is 0.427. The zero-order valence-electron chi connectivity index (χ0n) is 10.2. The molecule has 92 valence electrons. The Bertz CT molecular complexity index is 307. The van der Waals surface area contributed by atoms with Crippen molar-refractivity contribution in [2.75, 3.05) is 18.6 Å². The van der Waals surface area contributed by atoms with Crippen LogP contribution < -0.4 is 5.32 Å². The van der Waals surface area contributed by atoms with Gasteiger partial charge in [0.25, 0.3) is 0 Å². The van der Waals surface area contributed by atoms with Crippen LogP contribution in [-0.2, 0) is 0 Å².